The van der Waals surface area contributed by atoms with Crippen LogP contribution in [0.25, 0.3) is 5.69 Å². The number of amides is 1. The molecule has 0 aliphatic carbocycles. The second-order valence-electron chi connectivity index (χ2n) is 6.01. The Morgan fingerprint density at radius 2 is 2.00 bits per heavy atom. The minimum Gasteiger partial charge on any atom is -0.317 e. The lowest BCUT2D eigenvalue weighted by Gasteiger charge is -2.10. The second kappa shape index (κ2) is 7.66. The highest BCUT2D eigenvalue weighted by molar-refractivity contribution is 9.10. The third-order valence-electron chi connectivity index (χ3n) is 4.16. The topological polar surface area (TPSA) is 59.3 Å². The Morgan fingerprint density at radius 1 is 1.19 bits per heavy atom. The van der Waals surface area contributed by atoms with Crippen LogP contribution in [0.4, 0.5) is 0 Å². The Balaban J connectivity index is 1.87. The van der Waals surface area contributed by atoms with Crippen LogP contribution in [0.1, 0.15) is 32.9 Å². The molecule has 0 atom stereocenters. The van der Waals surface area contributed by atoms with E-state index in [0.717, 1.165) is 27.1 Å². The van der Waals surface area contributed by atoms with E-state index in [4.69, 9.17) is 0 Å². The maximum Gasteiger partial charge on any atom is 0.272 e. The summed E-state index contributed by atoms with van der Waals surface area (Å²) < 4.78 is 3.12. The summed E-state index contributed by atoms with van der Waals surface area (Å²) in [6.45, 7) is 6.15. The molecule has 1 aromatic carbocycles. The van der Waals surface area contributed by atoms with Crippen LogP contribution in [0.5, 0.6) is 0 Å². The molecule has 26 heavy (non-hydrogen) atoms. The number of hydrazone groups is 1. The molecule has 0 saturated carbocycles. The minimum absolute atomic E-state index is 0.294. The van der Waals surface area contributed by atoms with Crippen molar-refractivity contribution in [2.45, 2.75) is 20.8 Å². The van der Waals surface area contributed by atoms with Crippen LogP contribution in [-0.4, -0.2) is 21.7 Å². The number of nitrogens with zero attached hydrogens (tertiary/aromatic N) is 3. The van der Waals surface area contributed by atoms with Crippen molar-refractivity contribution in [1.29, 1.82) is 0 Å². The zero-order valence-electron chi connectivity index (χ0n) is 14.8. The molecule has 0 bridgehead atoms. The van der Waals surface area contributed by atoms with Gasteiger partial charge < -0.3 is 4.57 Å². The van der Waals surface area contributed by atoms with Crippen molar-refractivity contribution in [3.63, 3.8) is 0 Å². The number of aryl methyl sites for hydroxylation is 1. The number of pyridine rings is 1. The van der Waals surface area contributed by atoms with Gasteiger partial charge in [-0.2, -0.15) is 5.10 Å². The van der Waals surface area contributed by atoms with Crippen LogP contribution in [0.15, 0.2) is 58.4 Å². The van der Waals surface area contributed by atoms with Gasteiger partial charge in [-0.1, -0.05) is 12.1 Å². The molecule has 2 heterocycles. The lowest BCUT2D eigenvalue weighted by Crippen LogP contribution is -2.17. The number of carbonyl (C=O) groups excluding carboxylic acids is 1. The number of halogens is 1. The molecule has 1 amide bonds. The van der Waals surface area contributed by atoms with Gasteiger partial charge in [-0.3, -0.25) is 9.78 Å². The monoisotopic (exact) mass is 410 g/mol. The SMILES string of the molecule is Cc1cccc(-n2c(C)c(Br)c(/C=N\NC(=O)c3cccnc3)c2C)c1. The summed E-state index contributed by atoms with van der Waals surface area (Å²) in [6, 6.07) is 11.7. The van der Waals surface area contributed by atoms with Crippen molar-refractivity contribution in [3.05, 3.63) is 81.3 Å². The quantitative estimate of drug-likeness (QED) is 0.514. The molecular formula is C20H19BrN4O. The Kier molecular flexibility index (Phi) is 5.32. The van der Waals surface area contributed by atoms with Crippen LogP contribution in [-0.2, 0) is 0 Å². The second-order valence-corrected chi connectivity index (χ2v) is 6.81. The number of nitrogens with one attached hydrogen (secondary N) is 1. The first-order valence-electron chi connectivity index (χ1n) is 8.17. The van der Waals surface area contributed by atoms with Gasteiger partial charge in [0, 0.05) is 39.5 Å². The molecule has 1 N–H and O–H groups in total. The molecule has 0 spiro atoms. The van der Waals surface area contributed by atoms with Gasteiger partial charge in [-0.25, -0.2) is 5.43 Å². The zero-order chi connectivity index (χ0) is 18.7. The summed E-state index contributed by atoms with van der Waals surface area (Å²) in [5.41, 5.74) is 8.35. The fourth-order valence-electron chi connectivity index (χ4n) is 2.85. The molecule has 6 heteroatoms. The normalized spacial score (nSPS) is 11.1. The maximum absolute atomic E-state index is 12.1. The van der Waals surface area contributed by atoms with Gasteiger partial charge in [-0.15, -0.1) is 0 Å². The number of rotatable bonds is 4. The first-order chi connectivity index (χ1) is 12.5. The third kappa shape index (κ3) is 3.60. The molecule has 132 valence electrons. The molecule has 0 aliphatic rings. The Hall–Kier alpha value is -2.73. The van der Waals surface area contributed by atoms with E-state index in [1.165, 1.54) is 11.8 Å². The van der Waals surface area contributed by atoms with Crippen molar-refractivity contribution >= 4 is 28.1 Å². The van der Waals surface area contributed by atoms with E-state index in [1.807, 2.05) is 19.9 Å². The molecule has 3 rings (SSSR count). The van der Waals surface area contributed by atoms with E-state index in [2.05, 4.69) is 61.1 Å². The third-order valence-corrected chi connectivity index (χ3v) is 5.16. The van der Waals surface area contributed by atoms with Crippen LogP contribution in [0.2, 0.25) is 0 Å². The smallest absolute Gasteiger partial charge is 0.272 e. The van der Waals surface area contributed by atoms with Gasteiger partial charge in [0.2, 0.25) is 0 Å². The molecule has 0 unspecified atom stereocenters. The van der Waals surface area contributed by atoms with Crippen molar-refractivity contribution < 1.29 is 4.79 Å². The summed E-state index contributed by atoms with van der Waals surface area (Å²) in [6.07, 6.45) is 4.79. The zero-order valence-corrected chi connectivity index (χ0v) is 16.4. The lowest BCUT2D eigenvalue weighted by molar-refractivity contribution is 0.0955. The maximum atomic E-state index is 12.1. The van der Waals surface area contributed by atoms with Gasteiger partial charge in [-0.05, 0) is 66.5 Å². The van der Waals surface area contributed by atoms with Gasteiger partial charge in [0.1, 0.15) is 0 Å². The number of hydrogen-bond acceptors (Lipinski definition) is 3. The molecular weight excluding hydrogens is 392 g/mol. The molecule has 0 aliphatic heterocycles. The molecule has 5 nitrogen and oxygen atoms in total. The van der Waals surface area contributed by atoms with Crippen LogP contribution in [0.3, 0.4) is 0 Å². The largest absolute Gasteiger partial charge is 0.317 e. The average molecular weight is 411 g/mol. The van der Waals surface area contributed by atoms with E-state index in [9.17, 15) is 4.79 Å². The Morgan fingerprint density at radius 3 is 2.69 bits per heavy atom. The number of hydrogen-bond donors (Lipinski definition) is 1. The van der Waals surface area contributed by atoms with E-state index >= 15 is 0 Å². The fourth-order valence-corrected chi connectivity index (χ4v) is 3.41. The summed E-state index contributed by atoms with van der Waals surface area (Å²) in [5, 5.41) is 4.11. The highest BCUT2D eigenvalue weighted by Gasteiger charge is 2.16. The first kappa shape index (κ1) is 18.1. The molecule has 0 fully saturated rings. The van der Waals surface area contributed by atoms with E-state index in [0.29, 0.717) is 5.56 Å². The molecule has 2 aromatic heterocycles. The highest BCUT2D eigenvalue weighted by Crippen LogP contribution is 2.29. The molecule has 3 aromatic rings. The van der Waals surface area contributed by atoms with Gasteiger partial charge in [0.05, 0.1) is 11.8 Å². The summed E-state index contributed by atoms with van der Waals surface area (Å²) in [5.74, 6) is -0.294. The van der Waals surface area contributed by atoms with Crippen LogP contribution < -0.4 is 5.43 Å². The minimum atomic E-state index is -0.294. The van der Waals surface area contributed by atoms with E-state index in [1.54, 1.807) is 24.5 Å². The van der Waals surface area contributed by atoms with E-state index < -0.39 is 0 Å². The number of carbonyl (C=O) groups is 1. The van der Waals surface area contributed by atoms with Crippen molar-refractivity contribution in [3.8, 4) is 5.69 Å². The summed E-state index contributed by atoms with van der Waals surface area (Å²) in [7, 11) is 0. The van der Waals surface area contributed by atoms with Crippen molar-refractivity contribution in [2.75, 3.05) is 0 Å². The van der Waals surface area contributed by atoms with Crippen molar-refractivity contribution in [1.82, 2.24) is 15.0 Å². The Bertz CT molecular complexity index is 977. The lowest BCUT2D eigenvalue weighted by atomic mass is 10.2. The highest BCUT2D eigenvalue weighted by atomic mass is 79.9. The predicted octanol–water partition coefficient (Wildman–Crippen LogP) is 4.32. The van der Waals surface area contributed by atoms with Crippen molar-refractivity contribution in [2.24, 2.45) is 5.10 Å². The van der Waals surface area contributed by atoms with Crippen LogP contribution in [0, 0.1) is 20.8 Å². The molecule has 0 radical (unpaired) electrons. The van der Waals surface area contributed by atoms with E-state index in [-0.39, 0.29) is 5.91 Å². The van der Waals surface area contributed by atoms with Gasteiger partial charge in [0.25, 0.3) is 5.91 Å². The summed E-state index contributed by atoms with van der Waals surface area (Å²) in [4.78, 5) is 16.0. The Labute approximate surface area is 160 Å². The fraction of sp³-hybridized carbons (Fsp3) is 0.150. The first-order valence-corrected chi connectivity index (χ1v) is 8.96. The standard InChI is InChI=1S/C20H19BrN4O/c1-13-6-4-8-17(10-13)25-14(2)18(19(21)15(25)3)12-23-24-20(26)16-7-5-9-22-11-16/h4-12H,1-3H3,(H,24,26)/b23-12-. The van der Waals surface area contributed by atoms with Gasteiger partial charge >= 0.3 is 0 Å². The number of aromatic nitrogens is 2. The predicted molar refractivity (Wildman–Crippen MR) is 107 cm³/mol. The molecule has 0 saturated heterocycles. The van der Waals surface area contributed by atoms with Gasteiger partial charge in [0.15, 0.2) is 0 Å². The number of benzene rings is 1. The van der Waals surface area contributed by atoms with Crippen LogP contribution >= 0.6 is 15.9 Å². The summed E-state index contributed by atoms with van der Waals surface area (Å²) >= 11 is 3.65. The average Bonchev–Trinajstić information content (AvgIpc) is 2.85.